The largest absolute Gasteiger partial charge is 0.378 e. The lowest BCUT2D eigenvalue weighted by Crippen LogP contribution is -2.39. The number of rotatable bonds is 7. The quantitative estimate of drug-likeness (QED) is 0.783. The predicted octanol–water partition coefficient (Wildman–Crippen LogP) is 2.89. The Morgan fingerprint density at radius 1 is 1.07 bits per heavy atom. The molecule has 0 bridgehead atoms. The lowest BCUT2D eigenvalue weighted by atomic mass is 10.1. The Hall–Kier alpha value is -2.86. The van der Waals surface area contributed by atoms with Gasteiger partial charge < -0.3 is 19.9 Å². The van der Waals surface area contributed by atoms with Gasteiger partial charge in [0.2, 0.25) is 11.8 Å². The second-order valence-corrected chi connectivity index (χ2v) is 7.27. The van der Waals surface area contributed by atoms with Crippen molar-refractivity contribution in [1.29, 1.82) is 0 Å². The third-order valence-corrected chi connectivity index (χ3v) is 5.08. The van der Waals surface area contributed by atoms with E-state index in [0.717, 1.165) is 30.0 Å². The van der Waals surface area contributed by atoms with Crippen LogP contribution in [0.25, 0.3) is 0 Å². The summed E-state index contributed by atoms with van der Waals surface area (Å²) in [5.41, 5.74) is 4.10. The van der Waals surface area contributed by atoms with Crippen LogP contribution in [0.5, 0.6) is 0 Å². The number of nitrogens with zero attached hydrogens (tertiary/aromatic N) is 2. The number of morpholine rings is 1. The van der Waals surface area contributed by atoms with Gasteiger partial charge in [-0.05, 0) is 24.6 Å². The minimum Gasteiger partial charge on any atom is -0.378 e. The number of amides is 2. The van der Waals surface area contributed by atoms with Gasteiger partial charge >= 0.3 is 0 Å². The van der Waals surface area contributed by atoms with Crippen molar-refractivity contribution < 1.29 is 14.3 Å². The molecule has 1 aliphatic heterocycles. The molecule has 1 fully saturated rings. The third kappa shape index (κ3) is 5.81. The highest BCUT2D eigenvalue weighted by Gasteiger charge is 2.21. The van der Waals surface area contributed by atoms with E-state index in [9.17, 15) is 9.59 Å². The van der Waals surface area contributed by atoms with Crippen molar-refractivity contribution in [1.82, 2.24) is 5.32 Å². The fourth-order valence-electron chi connectivity index (χ4n) is 3.42. The number of para-hydroxylation sites is 2. The Bertz CT molecular complexity index is 830. The van der Waals surface area contributed by atoms with Crippen LogP contribution in [0.4, 0.5) is 11.4 Å². The van der Waals surface area contributed by atoms with Crippen molar-refractivity contribution in [2.45, 2.75) is 26.8 Å². The van der Waals surface area contributed by atoms with Crippen LogP contribution in [0, 0.1) is 6.92 Å². The second-order valence-electron chi connectivity index (χ2n) is 7.27. The zero-order valence-electron chi connectivity index (χ0n) is 17.2. The fourth-order valence-corrected chi connectivity index (χ4v) is 3.42. The Balaban J connectivity index is 1.62. The second kappa shape index (κ2) is 10.1. The van der Waals surface area contributed by atoms with Crippen LogP contribution in [0.15, 0.2) is 48.5 Å². The average molecular weight is 396 g/mol. The molecular formula is C23H29N3O3. The molecule has 0 aliphatic carbocycles. The summed E-state index contributed by atoms with van der Waals surface area (Å²) in [6, 6.07) is 15.9. The molecule has 0 radical (unpaired) electrons. The number of aryl methyl sites for hydroxylation is 1. The zero-order valence-corrected chi connectivity index (χ0v) is 17.2. The van der Waals surface area contributed by atoms with Crippen LogP contribution in [-0.2, 0) is 20.9 Å². The van der Waals surface area contributed by atoms with E-state index in [1.165, 1.54) is 5.56 Å². The molecule has 2 aromatic carbocycles. The minimum atomic E-state index is -0.0722. The summed E-state index contributed by atoms with van der Waals surface area (Å²) in [6.07, 6.45) is 0.253. The maximum Gasteiger partial charge on any atom is 0.223 e. The molecule has 3 rings (SSSR count). The van der Waals surface area contributed by atoms with E-state index in [-0.39, 0.29) is 18.2 Å². The van der Waals surface area contributed by atoms with E-state index >= 15 is 0 Å². The lowest BCUT2D eigenvalue weighted by Gasteiger charge is -2.33. The van der Waals surface area contributed by atoms with Crippen LogP contribution >= 0.6 is 0 Å². The molecule has 2 amide bonds. The molecule has 0 atom stereocenters. The van der Waals surface area contributed by atoms with Gasteiger partial charge in [0.1, 0.15) is 0 Å². The molecule has 1 heterocycles. The molecule has 6 nitrogen and oxygen atoms in total. The number of hydrogen-bond donors (Lipinski definition) is 1. The van der Waals surface area contributed by atoms with Gasteiger partial charge in [0, 0.05) is 39.5 Å². The summed E-state index contributed by atoms with van der Waals surface area (Å²) < 4.78 is 5.44. The molecule has 0 saturated carbocycles. The summed E-state index contributed by atoms with van der Waals surface area (Å²) in [5, 5.41) is 2.94. The summed E-state index contributed by atoms with van der Waals surface area (Å²) in [6.45, 7) is 7.35. The van der Waals surface area contributed by atoms with E-state index in [1.54, 1.807) is 11.8 Å². The highest BCUT2D eigenvalue weighted by Crippen LogP contribution is 2.30. The van der Waals surface area contributed by atoms with Crippen molar-refractivity contribution in [3.63, 3.8) is 0 Å². The monoisotopic (exact) mass is 395 g/mol. The number of nitrogens with one attached hydrogen (secondary N) is 1. The molecule has 1 N–H and O–H groups in total. The van der Waals surface area contributed by atoms with Crippen molar-refractivity contribution >= 4 is 23.2 Å². The summed E-state index contributed by atoms with van der Waals surface area (Å²) >= 11 is 0. The molecule has 1 aliphatic rings. The standard InChI is InChI=1S/C23H29N3O3/c1-18-7-9-20(10-8-18)17-24-23(28)11-12-26(19(2)27)22-6-4-3-5-21(22)25-13-15-29-16-14-25/h3-10H,11-17H2,1-2H3,(H,24,28). The summed E-state index contributed by atoms with van der Waals surface area (Å²) in [5.74, 6) is -0.141. The van der Waals surface area contributed by atoms with E-state index in [2.05, 4.69) is 10.2 Å². The van der Waals surface area contributed by atoms with E-state index in [4.69, 9.17) is 4.74 Å². The Morgan fingerprint density at radius 2 is 1.76 bits per heavy atom. The number of ether oxygens (including phenoxy) is 1. The Morgan fingerprint density at radius 3 is 2.45 bits per heavy atom. The van der Waals surface area contributed by atoms with Crippen molar-refractivity contribution in [2.75, 3.05) is 42.6 Å². The van der Waals surface area contributed by atoms with Gasteiger partial charge in [-0.2, -0.15) is 0 Å². The number of hydrogen-bond acceptors (Lipinski definition) is 4. The number of benzene rings is 2. The third-order valence-electron chi connectivity index (χ3n) is 5.08. The highest BCUT2D eigenvalue weighted by molar-refractivity contribution is 5.96. The van der Waals surface area contributed by atoms with Gasteiger partial charge in [0.05, 0.1) is 24.6 Å². The average Bonchev–Trinajstić information content (AvgIpc) is 2.74. The van der Waals surface area contributed by atoms with E-state index in [0.29, 0.717) is 26.3 Å². The van der Waals surface area contributed by atoms with Crippen molar-refractivity contribution in [2.24, 2.45) is 0 Å². The summed E-state index contributed by atoms with van der Waals surface area (Å²) in [7, 11) is 0. The van der Waals surface area contributed by atoms with Crippen LogP contribution in [-0.4, -0.2) is 44.7 Å². The topological polar surface area (TPSA) is 61.9 Å². The van der Waals surface area contributed by atoms with Gasteiger partial charge in [-0.15, -0.1) is 0 Å². The fraction of sp³-hybridized carbons (Fsp3) is 0.391. The smallest absolute Gasteiger partial charge is 0.223 e. The first-order valence-electron chi connectivity index (χ1n) is 10.1. The molecule has 0 unspecified atom stereocenters. The number of carbonyl (C=O) groups excluding carboxylic acids is 2. The van der Waals surface area contributed by atoms with Crippen LogP contribution in [0.1, 0.15) is 24.5 Å². The first kappa shape index (κ1) is 20.9. The first-order valence-corrected chi connectivity index (χ1v) is 10.1. The first-order chi connectivity index (χ1) is 14.0. The molecule has 154 valence electrons. The molecular weight excluding hydrogens is 366 g/mol. The Kier molecular flexibility index (Phi) is 7.25. The molecule has 0 aromatic heterocycles. The summed E-state index contributed by atoms with van der Waals surface area (Å²) in [4.78, 5) is 28.6. The molecule has 1 saturated heterocycles. The number of carbonyl (C=O) groups is 2. The van der Waals surface area contributed by atoms with Crippen molar-refractivity contribution in [3.8, 4) is 0 Å². The van der Waals surface area contributed by atoms with E-state index < -0.39 is 0 Å². The predicted molar refractivity (Wildman–Crippen MR) is 115 cm³/mol. The Labute approximate surface area is 172 Å². The molecule has 6 heteroatoms. The molecule has 0 spiro atoms. The normalized spacial score (nSPS) is 13.8. The van der Waals surface area contributed by atoms with Crippen LogP contribution < -0.4 is 15.1 Å². The zero-order chi connectivity index (χ0) is 20.6. The highest BCUT2D eigenvalue weighted by atomic mass is 16.5. The minimum absolute atomic E-state index is 0.0688. The SMILES string of the molecule is CC(=O)N(CCC(=O)NCc1ccc(C)cc1)c1ccccc1N1CCOCC1. The van der Waals surface area contributed by atoms with Gasteiger partial charge in [0.15, 0.2) is 0 Å². The van der Waals surface area contributed by atoms with Crippen LogP contribution in [0.3, 0.4) is 0 Å². The van der Waals surface area contributed by atoms with Gasteiger partial charge in [-0.3, -0.25) is 9.59 Å². The van der Waals surface area contributed by atoms with Crippen molar-refractivity contribution in [3.05, 3.63) is 59.7 Å². The van der Waals surface area contributed by atoms with E-state index in [1.807, 2.05) is 55.5 Å². The van der Waals surface area contributed by atoms with Gasteiger partial charge in [-0.25, -0.2) is 0 Å². The van der Waals surface area contributed by atoms with Gasteiger partial charge in [0.25, 0.3) is 0 Å². The maximum atomic E-state index is 12.4. The molecule has 2 aromatic rings. The molecule has 29 heavy (non-hydrogen) atoms. The van der Waals surface area contributed by atoms with Gasteiger partial charge in [-0.1, -0.05) is 42.0 Å². The lowest BCUT2D eigenvalue weighted by molar-refractivity contribution is -0.121. The van der Waals surface area contributed by atoms with Crippen LogP contribution in [0.2, 0.25) is 0 Å². The number of anilines is 2. The maximum absolute atomic E-state index is 12.4.